The van der Waals surface area contributed by atoms with Gasteiger partial charge in [-0.05, 0) is 44.5 Å². The maximum atomic E-state index is 13.9. The molecule has 0 heterocycles. The maximum Gasteiger partial charge on any atom is 0.344 e. The molecular formula is C22H22F3NO3S2. The van der Waals surface area contributed by atoms with Crippen LogP contribution in [0.1, 0.15) is 23.6 Å². The highest BCUT2D eigenvalue weighted by molar-refractivity contribution is 8.03. The molecule has 166 valence electrons. The van der Waals surface area contributed by atoms with Gasteiger partial charge in [-0.15, -0.1) is 0 Å². The van der Waals surface area contributed by atoms with Crippen LogP contribution in [-0.4, -0.2) is 30.7 Å². The number of hydrogen-bond acceptors (Lipinski definition) is 5. The lowest BCUT2D eigenvalue weighted by atomic mass is 10.1. The van der Waals surface area contributed by atoms with E-state index in [1.807, 2.05) is 0 Å². The Kier molecular flexibility index (Phi) is 8.94. The summed E-state index contributed by atoms with van der Waals surface area (Å²) in [5.41, 5.74) is 1.19. The van der Waals surface area contributed by atoms with Crippen LogP contribution < -0.4 is 10.1 Å². The molecule has 0 aliphatic rings. The van der Waals surface area contributed by atoms with E-state index in [0.29, 0.717) is 20.9 Å². The fraction of sp³-hybridized carbons (Fsp3) is 0.273. The van der Waals surface area contributed by atoms with E-state index >= 15 is 0 Å². The summed E-state index contributed by atoms with van der Waals surface area (Å²) in [4.78, 5) is 13.0. The van der Waals surface area contributed by atoms with E-state index < -0.39 is 23.4 Å². The number of carbonyl (C=O) groups excluding carboxylic acids is 1. The molecule has 0 saturated carbocycles. The summed E-state index contributed by atoms with van der Waals surface area (Å²) in [6, 6.07) is 4.92. The Hall–Kier alpha value is -2.52. The summed E-state index contributed by atoms with van der Waals surface area (Å²) in [6.45, 7) is 8.83. The van der Waals surface area contributed by atoms with Gasteiger partial charge in [0.05, 0.1) is 12.2 Å². The van der Waals surface area contributed by atoms with Crippen molar-refractivity contribution in [3.63, 3.8) is 0 Å². The molecule has 0 aromatic heterocycles. The first-order chi connectivity index (χ1) is 14.6. The summed E-state index contributed by atoms with van der Waals surface area (Å²) < 4.78 is 51.2. The van der Waals surface area contributed by atoms with Gasteiger partial charge in [0.25, 0.3) is 0 Å². The average Bonchev–Trinajstić information content (AvgIpc) is 2.72. The fourth-order valence-corrected chi connectivity index (χ4v) is 3.78. The molecule has 0 saturated heterocycles. The minimum atomic E-state index is -0.893. The Morgan fingerprint density at radius 2 is 1.94 bits per heavy atom. The van der Waals surface area contributed by atoms with E-state index in [2.05, 4.69) is 11.9 Å². The number of thiocarbonyl (C=S) groups is 1. The predicted molar refractivity (Wildman–Crippen MR) is 119 cm³/mol. The molecule has 0 fully saturated rings. The number of thioether (sulfide) groups is 1. The summed E-state index contributed by atoms with van der Waals surface area (Å²) in [5, 5.41) is 2.98. The molecule has 2 aromatic carbocycles. The van der Waals surface area contributed by atoms with Crippen LogP contribution in [-0.2, 0) is 9.53 Å². The highest BCUT2D eigenvalue weighted by Crippen LogP contribution is 2.33. The van der Waals surface area contributed by atoms with Gasteiger partial charge in [0.2, 0.25) is 0 Å². The molecule has 31 heavy (non-hydrogen) atoms. The molecule has 0 unspecified atom stereocenters. The Morgan fingerprint density at radius 3 is 2.61 bits per heavy atom. The first-order valence-corrected chi connectivity index (χ1v) is 10.5. The summed E-state index contributed by atoms with van der Waals surface area (Å²) in [7, 11) is 0. The zero-order valence-electron chi connectivity index (χ0n) is 17.3. The van der Waals surface area contributed by atoms with Crippen molar-refractivity contribution in [1.82, 2.24) is 5.32 Å². The SMILES string of the molecule is C=C(CNC(=S)c1ccc(F)cc1OCC(=O)OCC)Sc1c(C)cc(F)c(F)c1C. The van der Waals surface area contributed by atoms with Gasteiger partial charge >= 0.3 is 5.97 Å². The van der Waals surface area contributed by atoms with Crippen LogP contribution >= 0.6 is 24.0 Å². The maximum absolute atomic E-state index is 13.9. The number of halogens is 3. The van der Waals surface area contributed by atoms with E-state index in [-0.39, 0.29) is 36.1 Å². The van der Waals surface area contributed by atoms with Gasteiger partial charge < -0.3 is 14.8 Å². The van der Waals surface area contributed by atoms with Gasteiger partial charge in [0.1, 0.15) is 16.6 Å². The van der Waals surface area contributed by atoms with Gasteiger partial charge in [-0.25, -0.2) is 18.0 Å². The zero-order valence-corrected chi connectivity index (χ0v) is 18.9. The van der Waals surface area contributed by atoms with Crippen molar-refractivity contribution in [2.45, 2.75) is 25.7 Å². The van der Waals surface area contributed by atoms with Crippen LogP contribution in [0.2, 0.25) is 0 Å². The van der Waals surface area contributed by atoms with Crippen LogP contribution in [0.3, 0.4) is 0 Å². The van der Waals surface area contributed by atoms with Crippen molar-refractivity contribution in [1.29, 1.82) is 0 Å². The summed E-state index contributed by atoms with van der Waals surface area (Å²) >= 11 is 6.57. The molecule has 0 aliphatic carbocycles. The molecule has 0 bridgehead atoms. The molecule has 2 rings (SSSR count). The third-order valence-electron chi connectivity index (χ3n) is 4.11. The van der Waals surface area contributed by atoms with E-state index in [1.165, 1.54) is 30.8 Å². The normalized spacial score (nSPS) is 10.5. The molecule has 0 spiro atoms. The Bertz CT molecular complexity index is 1010. The van der Waals surface area contributed by atoms with Crippen molar-refractivity contribution >= 4 is 34.9 Å². The van der Waals surface area contributed by atoms with E-state index in [9.17, 15) is 18.0 Å². The van der Waals surface area contributed by atoms with Crippen LogP contribution in [0.15, 0.2) is 40.6 Å². The van der Waals surface area contributed by atoms with Gasteiger partial charge in [0.15, 0.2) is 18.2 Å². The Morgan fingerprint density at radius 1 is 1.23 bits per heavy atom. The molecule has 0 atom stereocenters. The van der Waals surface area contributed by atoms with Crippen molar-refractivity contribution < 1.29 is 27.4 Å². The topological polar surface area (TPSA) is 47.6 Å². The quantitative estimate of drug-likeness (QED) is 0.308. The van der Waals surface area contributed by atoms with Crippen LogP contribution in [0.25, 0.3) is 0 Å². The number of nitrogens with one attached hydrogen (secondary N) is 1. The largest absolute Gasteiger partial charge is 0.481 e. The molecule has 2 aromatic rings. The Balaban J connectivity index is 2.05. The van der Waals surface area contributed by atoms with Crippen LogP contribution in [0.5, 0.6) is 5.75 Å². The zero-order chi connectivity index (χ0) is 23.1. The van der Waals surface area contributed by atoms with Gasteiger partial charge in [-0.1, -0.05) is 30.6 Å². The van der Waals surface area contributed by atoms with Crippen molar-refractivity contribution in [2.75, 3.05) is 19.8 Å². The Labute approximate surface area is 188 Å². The second-order valence-electron chi connectivity index (χ2n) is 6.50. The lowest BCUT2D eigenvalue weighted by Crippen LogP contribution is -2.25. The van der Waals surface area contributed by atoms with Gasteiger partial charge in [-0.3, -0.25) is 0 Å². The van der Waals surface area contributed by atoms with Gasteiger partial charge in [-0.2, -0.15) is 0 Å². The minimum Gasteiger partial charge on any atom is -0.481 e. The molecule has 0 aliphatic heterocycles. The van der Waals surface area contributed by atoms with Gasteiger partial charge in [0, 0.05) is 28.0 Å². The van der Waals surface area contributed by atoms with Crippen LogP contribution in [0, 0.1) is 31.3 Å². The smallest absolute Gasteiger partial charge is 0.344 e. The summed E-state index contributed by atoms with van der Waals surface area (Å²) in [6.07, 6.45) is 0. The van der Waals surface area contributed by atoms with E-state index in [4.69, 9.17) is 21.7 Å². The van der Waals surface area contributed by atoms with Crippen molar-refractivity contribution in [2.24, 2.45) is 0 Å². The average molecular weight is 470 g/mol. The number of esters is 1. The highest BCUT2D eigenvalue weighted by atomic mass is 32.2. The second kappa shape index (κ2) is 11.2. The number of aryl methyl sites for hydroxylation is 1. The first-order valence-electron chi connectivity index (χ1n) is 9.31. The summed E-state index contributed by atoms with van der Waals surface area (Å²) in [5.74, 6) is -2.82. The van der Waals surface area contributed by atoms with Crippen molar-refractivity contribution in [3.05, 3.63) is 69.9 Å². The van der Waals surface area contributed by atoms with E-state index in [0.717, 1.165) is 12.1 Å². The van der Waals surface area contributed by atoms with Crippen LogP contribution in [0.4, 0.5) is 13.2 Å². The molecule has 0 radical (unpaired) electrons. The highest BCUT2D eigenvalue weighted by Gasteiger charge is 2.16. The number of rotatable bonds is 9. The van der Waals surface area contributed by atoms with E-state index in [1.54, 1.807) is 13.8 Å². The second-order valence-corrected chi connectivity index (χ2v) is 8.10. The third kappa shape index (κ3) is 6.73. The first kappa shape index (κ1) is 24.7. The predicted octanol–water partition coefficient (Wildman–Crippen LogP) is 5.23. The van der Waals surface area contributed by atoms with Crippen molar-refractivity contribution in [3.8, 4) is 5.75 Å². The lowest BCUT2D eigenvalue weighted by molar-refractivity contribution is -0.145. The molecule has 9 heteroatoms. The number of hydrogen-bond donors (Lipinski definition) is 1. The number of benzene rings is 2. The monoisotopic (exact) mass is 469 g/mol. The minimum absolute atomic E-state index is 0.0936. The fourth-order valence-electron chi connectivity index (χ4n) is 2.65. The molecule has 0 amide bonds. The lowest BCUT2D eigenvalue weighted by Gasteiger charge is -2.16. The third-order valence-corrected chi connectivity index (χ3v) is 5.74. The number of ether oxygens (including phenoxy) is 2. The number of carbonyl (C=O) groups is 1. The molecule has 4 nitrogen and oxygen atoms in total. The molecular weight excluding hydrogens is 447 g/mol. The molecule has 1 N–H and O–H groups in total. The standard InChI is InChI=1S/C22H22F3NO3S2/c1-5-28-19(27)11-29-18-9-15(23)6-7-16(18)22(30)26-10-13(3)31-21-12(2)8-17(24)20(25)14(21)4/h6-9H,3,5,10-11H2,1-2,4H3,(H,26,30).